The number of aliphatic imine (C=N–C) groups is 1. The average molecular weight is 378 g/mol. The molecule has 1 aliphatic rings. The number of para-hydroxylation sites is 1. The molecule has 0 atom stereocenters. The molecule has 28 heavy (non-hydrogen) atoms. The minimum atomic E-state index is -0.146. The second kappa shape index (κ2) is 7.80. The number of nitrogens with zero attached hydrogens (tertiary/aromatic N) is 4. The van der Waals surface area contributed by atoms with Crippen molar-refractivity contribution in [1.29, 1.82) is 0 Å². The zero-order chi connectivity index (χ0) is 19.4. The number of hydrogen-bond acceptors (Lipinski definition) is 3. The Hall–Kier alpha value is -3.22. The predicted octanol–water partition coefficient (Wildman–Crippen LogP) is 2.80. The molecule has 144 valence electrons. The van der Waals surface area contributed by atoms with E-state index in [9.17, 15) is 4.39 Å². The Balaban J connectivity index is 1.38. The molecule has 0 aliphatic heterocycles. The monoisotopic (exact) mass is 378 g/mol. The first-order chi connectivity index (χ1) is 13.7. The van der Waals surface area contributed by atoms with Gasteiger partial charge in [-0.15, -0.1) is 10.2 Å². The second-order valence-electron chi connectivity index (χ2n) is 6.99. The summed E-state index contributed by atoms with van der Waals surface area (Å²) < 4.78 is 16.1. The molecule has 0 unspecified atom stereocenters. The molecule has 4 rings (SSSR count). The molecule has 0 saturated heterocycles. The Bertz CT molecular complexity index is 962. The molecule has 1 heterocycles. The Kier molecular flexibility index (Phi) is 5.06. The van der Waals surface area contributed by atoms with Crippen LogP contribution >= 0.6 is 0 Å². The van der Waals surface area contributed by atoms with Crippen LogP contribution in [0.15, 0.2) is 65.9 Å². The van der Waals surface area contributed by atoms with Crippen LogP contribution in [0.1, 0.15) is 24.2 Å². The molecule has 1 aromatic heterocycles. The lowest BCUT2D eigenvalue weighted by Crippen LogP contribution is -2.41. The van der Waals surface area contributed by atoms with Gasteiger partial charge in [-0.3, -0.25) is 9.56 Å². The van der Waals surface area contributed by atoms with Crippen molar-refractivity contribution in [1.82, 2.24) is 25.4 Å². The number of nitrogens with one attached hydrogen (secondary N) is 2. The first kappa shape index (κ1) is 18.2. The van der Waals surface area contributed by atoms with Crippen LogP contribution in [-0.4, -0.2) is 34.3 Å². The Morgan fingerprint density at radius 3 is 2.57 bits per heavy atom. The quantitative estimate of drug-likeness (QED) is 0.511. The highest BCUT2D eigenvalue weighted by Gasteiger charge is 2.45. The van der Waals surface area contributed by atoms with Gasteiger partial charge in [0, 0.05) is 24.7 Å². The molecular weight excluding hydrogens is 355 g/mol. The van der Waals surface area contributed by atoms with Gasteiger partial charge in [0.1, 0.15) is 12.1 Å². The van der Waals surface area contributed by atoms with Gasteiger partial charge >= 0.3 is 0 Å². The average Bonchev–Trinajstić information content (AvgIpc) is 3.37. The minimum absolute atomic E-state index is 0.138. The van der Waals surface area contributed by atoms with Gasteiger partial charge in [0.05, 0.1) is 6.54 Å². The van der Waals surface area contributed by atoms with Gasteiger partial charge in [0.25, 0.3) is 0 Å². The summed E-state index contributed by atoms with van der Waals surface area (Å²) in [5.74, 6) is 1.30. The molecule has 3 aromatic rings. The van der Waals surface area contributed by atoms with E-state index in [-0.39, 0.29) is 11.2 Å². The first-order valence-corrected chi connectivity index (χ1v) is 9.36. The number of halogens is 1. The van der Waals surface area contributed by atoms with Crippen molar-refractivity contribution in [2.24, 2.45) is 4.99 Å². The standard InChI is InChI=1S/C21H23FN6/c1-23-20(25-14-21(11-12-21)17-9-5-6-10-18(17)22)24-13-19-27-26-15-28(19)16-7-3-2-4-8-16/h2-10,15H,11-14H2,1H3,(H2,23,24,25). The second-order valence-corrected chi connectivity index (χ2v) is 6.99. The van der Waals surface area contributed by atoms with Gasteiger partial charge in [0.2, 0.25) is 0 Å². The highest BCUT2D eigenvalue weighted by molar-refractivity contribution is 5.79. The van der Waals surface area contributed by atoms with E-state index in [2.05, 4.69) is 25.8 Å². The fraction of sp³-hybridized carbons (Fsp3) is 0.286. The van der Waals surface area contributed by atoms with Crippen LogP contribution in [0.3, 0.4) is 0 Å². The van der Waals surface area contributed by atoms with Crippen LogP contribution in [0.2, 0.25) is 0 Å². The summed E-state index contributed by atoms with van der Waals surface area (Å²) in [6.45, 7) is 1.11. The summed E-state index contributed by atoms with van der Waals surface area (Å²) in [4.78, 5) is 4.28. The van der Waals surface area contributed by atoms with Gasteiger partial charge < -0.3 is 10.6 Å². The van der Waals surface area contributed by atoms with Crippen LogP contribution in [0.25, 0.3) is 5.69 Å². The minimum Gasteiger partial charge on any atom is -0.356 e. The first-order valence-electron chi connectivity index (χ1n) is 9.36. The molecule has 0 bridgehead atoms. The number of hydrogen-bond donors (Lipinski definition) is 2. The van der Waals surface area contributed by atoms with Gasteiger partial charge in [-0.1, -0.05) is 36.4 Å². The third-order valence-corrected chi connectivity index (χ3v) is 5.18. The van der Waals surface area contributed by atoms with E-state index in [0.717, 1.165) is 29.9 Å². The van der Waals surface area contributed by atoms with Gasteiger partial charge in [-0.05, 0) is 36.6 Å². The normalized spacial score (nSPS) is 15.3. The third kappa shape index (κ3) is 3.74. The summed E-state index contributed by atoms with van der Waals surface area (Å²) in [6.07, 6.45) is 3.64. The maximum absolute atomic E-state index is 14.2. The zero-order valence-corrected chi connectivity index (χ0v) is 15.8. The van der Waals surface area contributed by atoms with Crippen molar-refractivity contribution >= 4 is 5.96 Å². The van der Waals surface area contributed by atoms with Gasteiger partial charge in [-0.2, -0.15) is 0 Å². The fourth-order valence-electron chi connectivity index (χ4n) is 3.40. The Morgan fingerprint density at radius 1 is 1.11 bits per heavy atom. The molecule has 6 nitrogen and oxygen atoms in total. The van der Waals surface area contributed by atoms with Crippen molar-refractivity contribution in [3.05, 3.63) is 78.1 Å². The largest absolute Gasteiger partial charge is 0.356 e. The molecular formula is C21H23FN6. The molecule has 0 spiro atoms. The molecule has 0 amide bonds. The number of aromatic nitrogens is 3. The molecule has 1 saturated carbocycles. The molecule has 1 fully saturated rings. The van der Waals surface area contributed by atoms with E-state index in [1.807, 2.05) is 47.0 Å². The van der Waals surface area contributed by atoms with Crippen molar-refractivity contribution < 1.29 is 4.39 Å². The van der Waals surface area contributed by atoms with Crippen molar-refractivity contribution in [3.8, 4) is 5.69 Å². The van der Waals surface area contributed by atoms with Crippen molar-refractivity contribution in [2.45, 2.75) is 24.8 Å². The summed E-state index contributed by atoms with van der Waals surface area (Å²) >= 11 is 0. The third-order valence-electron chi connectivity index (χ3n) is 5.18. The zero-order valence-electron chi connectivity index (χ0n) is 15.8. The summed E-state index contributed by atoms with van der Waals surface area (Å²) in [5, 5.41) is 14.8. The highest BCUT2D eigenvalue weighted by atomic mass is 19.1. The van der Waals surface area contributed by atoms with E-state index in [1.165, 1.54) is 6.07 Å². The number of rotatable bonds is 6. The highest BCUT2D eigenvalue weighted by Crippen LogP contribution is 2.48. The van der Waals surface area contributed by atoms with Crippen molar-refractivity contribution in [2.75, 3.05) is 13.6 Å². The fourth-order valence-corrected chi connectivity index (χ4v) is 3.40. The Labute approximate surface area is 163 Å². The maximum atomic E-state index is 14.2. The van der Waals surface area contributed by atoms with E-state index >= 15 is 0 Å². The SMILES string of the molecule is CN=C(NCc1nncn1-c1ccccc1)NCC1(c2ccccc2F)CC1. The molecule has 0 radical (unpaired) electrons. The predicted molar refractivity (Wildman–Crippen MR) is 107 cm³/mol. The smallest absolute Gasteiger partial charge is 0.191 e. The maximum Gasteiger partial charge on any atom is 0.191 e. The molecule has 2 N–H and O–H groups in total. The van der Waals surface area contributed by atoms with E-state index < -0.39 is 0 Å². The van der Waals surface area contributed by atoms with Crippen LogP contribution in [0.5, 0.6) is 0 Å². The van der Waals surface area contributed by atoms with E-state index in [4.69, 9.17) is 0 Å². The molecule has 7 heteroatoms. The summed E-state index contributed by atoms with van der Waals surface area (Å²) in [6, 6.07) is 17.0. The lowest BCUT2D eigenvalue weighted by molar-refractivity contribution is 0.559. The van der Waals surface area contributed by atoms with Crippen LogP contribution < -0.4 is 10.6 Å². The molecule has 2 aromatic carbocycles. The van der Waals surface area contributed by atoms with E-state index in [0.29, 0.717) is 19.0 Å². The summed E-state index contributed by atoms with van der Waals surface area (Å²) in [7, 11) is 1.72. The number of benzene rings is 2. The topological polar surface area (TPSA) is 67.1 Å². The van der Waals surface area contributed by atoms with E-state index in [1.54, 1.807) is 19.4 Å². The molecule has 1 aliphatic carbocycles. The van der Waals surface area contributed by atoms with Crippen LogP contribution in [0.4, 0.5) is 4.39 Å². The summed E-state index contributed by atoms with van der Waals surface area (Å²) in [5.41, 5.74) is 1.64. The van der Waals surface area contributed by atoms with Crippen molar-refractivity contribution in [3.63, 3.8) is 0 Å². The van der Waals surface area contributed by atoms with Crippen LogP contribution in [-0.2, 0) is 12.0 Å². The van der Waals surface area contributed by atoms with Crippen LogP contribution in [0, 0.1) is 5.82 Å². The lowest BCUT2D eigenvalue weighted by Gasteiger charge is -2.19. The lowest BCUT2D eigenvalue weighted by atomic mass is 9.95. The Morgan fingerprint density at radius 2 is 1.86 bits per heavy atom. The van der Waals surface area contributed by atoms with Gasteiger partial charge in [0.15, 0.2) is 11.8 Å². The van der Waals surface area contributed by atoms with Gasteiger partial charge in [-0.25, -0.2) is 4.39 Å². The number of guanidine groups is 1.